The largest absolute Gasteiger partial charge is 0.334 e. The lowest BCUT2D eigenvalue weighted by Gasteiger charge is -2.23. The number of aromatic nitrogens is 2. The van der Waals surface area contributed by atoms with Gasteiger partial charge in [-0.15, -0.1) is 0 Å². The molecular weight excluding hydrogens is 382 g/mol. The maximum absolute atomic E-state index is 13.5. The molecule has 0 unspecified atom stereocenters. The number of hydrogen-bond acceptors (Lipinski definition) is 2. The number of benzene rings is 3. The average Bonchev–Trinajstić information content (AvgIpc) is 3.17. The normalized spacial score (nSPS) is 10.7. The number of carbonyl (C=O) groups is 1. The molecule has 0 fully saturated rings. The van der Waals surface area contributed by atoms with Gasteiger partial charge in [0.2, 0.25) is 0 Å². The molecule has 4 aromatic rings. The first kappa shape index (κ1) is 19.0. The lowest BCUT2D eigenvalue weighted by molar-refractivity contribution is 0.0999. The third-order valence-corrected chi connectivity index (χ3v) is 5.04. The minimum absolute atomic E-state index is 0.109. The Morgan fingerprint density at radius 2 is 1.48 bits per heavy atom. The second-order valence-corrected chi connectivity index (χ2v) is 7.33. The molecule has 29 heavy (non-hydrogen) atoms. The van der Waals surface area contributed by atoms with E-state index in [0.717, 1.165) is 28.3 Å². The Kier molecular flexibility index (Phi) is 5.19. The molecule has 0 atom stereocenters. The second kappa shape index (κ2) is 7.94. The van der Waals surface area contributed by atoms with Gasteiger partial charge in [-0.3, -0.25) is 9.69 Å². The van der Waals surface area contributed by atoms with Crippen LogP contribution in [0.2, 0.25) is 5.02 Å². The fraction of sp³-hybridized carbons (Fsp3) is 0.0833. The van der Waals surface area contributed by atoms with E-state index >= 15 is 0 Å². The molecule has 0 saturated carbocycles. The zero-order valence-corrected chi connectivity index (χ0v) is 17.0. The molecule has 1 aromatic heterocycles. The van der Waals surface area contributed by atoms with Crippen LogP contribution in [0.15, 0.2) is 85.2 Å². The second-order valence-electron chi connectivity index (χ2n) is 6.89. The van der Waals surface area contributed by atoms with Gasteiger partial charge in [0.05, 0.1) is 0 Å². The van der Waals surface area contributed by atoms with Gasteiger partial charge in [-0.25, -0.2) is 4.98 Å². The molecule has 0 aliphatic rings. The highest BCUT2D eigenvalue weighted by molar-refractivity contribution is 6.30. The molecule has 0 saturated heterocycles. The lowest BCUT2D eigenvalue weighted by Crippen LogP contribution is -2.25. The summed E-state index contributed by atoms with van der Waals surface area (Å²) in [5, 5.41) is 0.629. The Morgan fingerprint density at radius 1 is 0.897 bits per heavy atom. The van der Waals surface area contributed by atoms with Crippen LogP contribution < -0.4 is 4.90 Å². The molecule has 0 bridgehead atoms. The number of amides is 1. The van der Waals surface area contributed by atoms with E-state index in [0.29, 0.717) is 10.6 Å². The van der Waals surface area contributed by atoms with Crippen molar-refractivity contribution in [1.29, 1.82) is 0 Å². The molecular formula is C24H20ClN3O. The lowest BCUT2D eigenvalue weighted by atomic mass is 10.1. The average molecular weight is 402 g/mol. The molecule has 5 heteroatoms. The van der Waals surface area contributed by atoms with Crippen molar-refractivity contribution in [1.82, 2.24) is 9.55 Å². The van der Waals surface area contributed by atoms with Gasteiger partial charge in [0.15, 0.2) is 0 Å². The maximum atomic E-state index is 13.5. The molecule has 0 spiro atoms. The number of halogens is 1. The molecule has 1 amide bonds. The number of carbonyl (C=O) groups excluding carboxylic acids is 1. The van der Waals surface area contributed by atoms with Crippen LogP contribution in [0, 0.1) is 6.92 Å². The highest BCUT2D eigenvalue weighted by Gasteiger charge is 2.20. The fourth-order valence-corrected chi connectivity index (χ4v) is 3.33. The van der Waals surface area contributed by atoms with Crippen LogP contribution in [0.4, 0.5) is 11.4 Å². The first-order chi connectivity index (χ1) is 14.0. The van der Waals surface area contributed by atoms with Crippen LogP contribution in [0.5, 0.6) is 0 Å². The van der Waals surface area contributed by atoms with Crippen LogP contribution in [-0.2, 0) is 7.05 Å². The molecule has 3 aromatic carbocycles. The summed E-state index contributed by atoms with van der Waals surface area (Å²) < 4.78 is 1.95. The van der Waals surface area contributed by atoms with Crippen molar-refractivity contribution >= 4 is 28.9 Å². The van der Waals surface area contributed by atoms with Gasteiger partial charge < -0.3 is 4.57 Å². The minimum atomic E-state index is -0.109. The number of imidazole rings is 1. The first-order valence-electron chi connectivity index (χ1n) is 9.27. The minimum Gasteiger partial charge on any atom is -0.334 e. The highest BCUT2D eigenvalue weighted by atomic mass is 35.5. The molecule has 0 radical (unpaired) electrons. The zero-order valence-electron chi connectivity index (χ0n) is 16.2. The molecule has 4 rings (SSSR count). The predicted molar refractivity (Wildman–Crippen MR) is 118 cm³/mol. The highest BCUT2D eigenvalue weighted by Crippen LogP contribution is 2.29. The van der Waals surface area contributed by atoms with Gasteiger partial charge in [0.1, 0.15) is 5.82 Å². The van der Waals surface area contributed by atoms with Crippen LogP contribution in [-0.4, -0.2) is 15.5 Å². The van der Waals surface area contributed by atoms with Crippen LogP contribution in [0.25, 0.3) is 11.4 Å². The summed E-state index contributed by atoms with van der Waals surface area (Å²) in [4.78, 5) is 19.5. The summed E-state index contributed by atoms with van der Waals surface area (Å²) in [6, 6.07) is 22.7. The SMILES string of the molecule is Cc1ccc(N(C(=O)c2ccc(-c3nccn3C)cc2)c2ccc(Cl)cc2)cc1. The van der Waals surface area contributed by atoms with Crippen molar-refractivity contribution in [3.63, 3.8) is 0 Å². The van der Waals surface area contributed by atoms with Gasteiger partial charge >= 0.3 is 0 Å². The Labute approximate surface area is 175 Å². The summed E-state index contributed by atoms with van der Waals surface area (Å²) in [7, 11) is 1.95. The van der Waals surface area contributed by atoms with E-state index in [4.69, 9.17) is 11.6 Å². The van der Waals surface area contributed by atoms with E-state index in [2.05, 4.69) is 4.98 Å². The topological polar surface area (TPSA) is 38.1 Å². The molecule has 0 N–H and O–H groups in total. The summed E-state index contributed by atoms with van der Waals surface area (Å²) in [5.74, 6) is 0.750. The summed E-state index contributed by atoms with van der Waals surface area (Å²) in [5.41, 5.74) is 4.25. The van der Waals surface area contributed by atoms with E-state index in [-0.39, 0.29) is 5.91 Å². The Bertz CT molecular complexity index is 1080. The summed E-state index contributed by atoms with van der Waals surface area (Å²) in [6.45, 7) is 2.02. The van der Waals surface area contributed by atoms with Crippen molar-refractivity contribution in [2.24, 2.45) is 7.05 Å². The van der Waals surface area contributed by atoms with Crippen molar-refractivity contribution in [2.45, 2.75) is 6.92 Å². The zero-order chi connectivity index (χ0) is 20.4. The molecule has 1 heterocycles. The van der Waals surface area contributed by atoms with Crippen LogP contribution >= 0.6 is 11.6 Å². The maximum Gasteiger partial charge on any atom is 0.262 e. The number of rotatable bonds is 4. The van der Waals surface area contributed by atoms with Gasteiger partial charge in [-0.05, 0) is 55.5 Å². The summed E-state index contributed by atoms with van der Waals surface area (Å²) >= 11 is 6.05. The first-order valence-corrected chi connectivity index (χ1v) is 9.65. The van der Waals surface area contributed by atoms with Crippen molar-refractivity contribution in [3.8, 4) is 11.4 Å². The van der Waals surface area contributed by atoms with E-state index in [9.17, 15) is 4.79 Å². The Balaban J connectivity index is 1.72. The van der Waals surface area contributed by atoms with Crippen LogP contribution in [0.1, 0.15) is 15.9 Å². The Hall–Kier alpha value is -3.37. The monoisotopic (exact) mass is 401 g/mol. The number of aryl methyl sites for hydroxylation is 2. The van der Waals surface area contributed by atoms with E-state index in [1.165, 1.54) is 0 Å². The van der Waals surface area contributed by atoms with Crippen LogP contribution in [0.3, 0.4) is 0 Å². The molecule has 4 nitrogen and oxygen atoms in total. The quantitative estimate of drug-likeness (QED) is 0.419. The molecule has 144 valence electrons. The van der Waals surface area contributed by atoms with E-state index in [1.807, 2.05) is 85.4 Å². The van der Waals surface area contributed by atoms with Gasteiger partial charge in [-0.2, -0.15) is 0 Å². The van der Waals surface area contributed by atoms with E-state index < -0.39 is 0 Å². The van der Waals surface area contributed by atoms with Crippen molar-refractivity contribution < 1.29 is 4.79 Å². The van der Waals surface area contributed by atoms with Gasteiger partial charge in [-0.1, -0.05) is 41.4 Å². The standard InChI is InChI=1S/C24H20ClN3O/c1-17-3-11-21(12-4-17)28(22-13-9-20(25)10-14-22)24(29)19-7-5-18(6-8-19)23-26-15-16-27(23)2/h3-16H,1-2H3. The van der Waals surface area contributed by atoms with Crippen molar-refractivity contribution in [3.05, 3.63) is 101 Å². The van der Waals surface area contributed by atoms with E-state index in [1.54, 1.807) is 23.2 Å². The third kappa shape index (κ3) is 3.93. The molecule has 0 aliphatic carbocycles. The number of anilines is 2. The predicted octanol–water partition coefficient (Wildman–Crippen LogP) is 6.03. The molecule has 0 aliphatic heterocycles. The summed E-state index contributed by atoms with van der Waals surface area (Å²) in [6.07, 6.45) is 3.65. The third-order valence-electron chi connectivity index (χ3n) is 4.79. The Morgan fingerprint density at radius 3 is 2.03 bits per heavy atom. The fourth-order valence-electron chi connectivity index (χ4n) is 3.20. The number of nitrogens with zero attached hydrogens (tertiary/aromatic N) is 3. The van der Waals surface area contributed by atoms with Crippen molar-refractivity contribution in [2.75, 3.05) is 4.90 Å². The van der Waals surface area contributed by atoms with Gasteiger partial charge in [0, 0.05) is 47.0 Å². The van der Waals surface area contributed by atoms with Gasteiger partial charge in [0.25, 0.3) is 5.91 Å². The number of hydrogen-bond donors (Lipinski definition) is 0. The smallest absolute Gasteiger partial charge is 0.262 e.